The molecule has 1 heterocycles. The van der Waals surface area contributed by atoms with E-state index in [1.807, 2.05) is 0 Å². The van der Waals surface area contributed by atoms with Crippen LogP contribution in [0.5, 0.6) is 0 Å². The van der Waals surface area contributed by atoms with E-state index in [4.69, 9.17) is 4.42 Å². The second kappa shape index (κ2) is 3.83. The summed E-state index contributed by atoms with van der Waals surface area (Å²) in [5, 5.41) is -0.125. The Hall–Kier alpha value is -1.30. The first-order valence-electron chi connectivity index (χ1n) is 3.82. The van der Waals surface area contributed by atoms with Crippen molar-refractivity contribution >= 4 is 15.8 Å². The Kier molecular flexibility index (Phi) is 2.95. The van der Waals surface area contributed by atoms with E-state index in [9.17, 15) is 13.2 Å². The lowest BCUT2D eigenvalue weighted by Gasteiger charge is -1.97. The molecule has 0 aliphatic heterocycles. The van der Waals surface area contributed by atoms with Crippen LogP contribution in [-0.2, 0) is 26.0 Å². The molecule has 0 unspecified atom stereocenters. The number of esters is 1. The second-order valence-corrected chi connectivity index (χ2v) is 4.72. The first kappa shape index (κ1) is 10.8. The van der Waals surface area contributed by atoms with Crippen molar-refractivity contribution < 1.29 is 22.4 Å². The molecule has 6 heteroatoms. The lowest BCUT2D eigenvalue weighted by Crippen LogP contribution is -1.98. The molecule has 0 aromatic carbocycles. The number of sulfone groups is 1. The van der Waals surface area contributed by atoms with Gasteiger partial charge in [0.2, 0.25) is 14.9 Å². The summed E-state index contributed by atoms with van der Waals surface area (Å²) in [5.74, 6) is -0.136. The van der Waals surface area contributed by atoms with Crippen LogP contribution in [0.4, 0.5) is 0 Å². The van der Waals surface area contributed by atoms with Crippen LogP contribution >= 0.6 is 0 Å². The minimum atomic E-state index is -3.33. The average molecular weight is 218 g/mol. The van der Waals surface area contributed by atoms with Gasteiger partial charge in [0.05, 0.1) is 0 Å². The van der Waals surface area contributed by atoms with Gasteiger partial charge in [0.15, 0.2) is 0 Å². The zero-order valence-corrected chi connectivity index (χ0v) is 8.63. The Labute approximate surface area is 81.6 Å². The lowest BCUT2D eigenvalue weighted by molar-refractivity contribution is -0.142. The molecule has 0 saturated carbocycles. The van der Waals surface area contributed by atoms with Crippen molar-refractivity contribution in [2.75, 3.05) is 6.26 Å². The standard InChI is InChI=1S/C8H10O5S/c1-6(9)12-5-7-3-4-8(13-7)14(2,10)11/h3-4H,5H2,1-2H3. The minimum absolute atomic E-state index is 0.0507. The molecule has 78 valence electrons. The van der Waals surface area contributed by atoms with Gasteiger partial charge in [-0.05, 0) is 12.1 Å². The maximum absolute atomic E-state index is 11.0. The Bertz CT molecular complexity index is 428. The van der Waals surface area contributed by atoms with Gasteiger partial charge >= 0.3 is 5.97 Å². The molecule has 0 bridgehead atoms. The van der Waals surface area contributed by atoms with E-state index in [0.29, 0.717) is 5.76 Å². The topological polar surface area (TPSA) is 73.6 Å². The molecule has 1 aromatic rings. The van der Waals surface area contributed by atoms with Gasteiger partial charge in [0.1, 0.15) is 12.4 Å². The first-order chi connectivity index (χ1) is 6.39. The van der Waals surface area contributed by atoms with Crippen molar-refractivity contribution in [1.82, 2.24) is 0 Å². The molecule has 0 radical (unpaired) electrons. The molecule has 1 aromatic heterocycles. The van der Waals surface area contributed by atoms with Crippen LogP contribution in [0.3, 0.4) is 0 Å². The largest absolute Gasteiger partial charge is 0.458 e. The summed E-state index contributed by atoms with van der Waals surface area (Å²) in [6, 6.07) is 2.79. The molecular weight excluding hydrogens is 208 g/mol. The highest BCUT2D eigenvalue weighted by Gasteiger charge is 2.12. The maximum atomic E-state index is 11.0. The molecule has 0 N–H and O–H groups in total. The van der Waals surface area contributed by atoms with Crippen molar-refractivity contribution in [3.63, 3.8) is 0 Å². The van der Waals surface area contributed by atoms with Crippen molar-refractivity contribution in [1.29, 1.82) is 0 Å². The lowest BCUT2D eigenvalue weighted by atomic mass is 10.5. The quantitative estimate of drug-likeness (QED) is 0.700. The van der Waals surface area contributed by atoms with Gasteiger partial charge in [-0.3, -0.25) is 4.79 Å². The highest BCUT2D eigenvalue weighted by Crippen LogP contribution is 2.14. The van der Waals surface area contributed by atoms with E-state index in [2.05, 4.69) is 4.74 Å². The summed E-state index contributed by atoms with van der Waals surface area (Å²) in [7, 11) is -3.33. The van der Waals surface area contributed by atoms with Gasteiger partial charge in [0, 0.05) is 13.2 Å². The Balaban J connectivity index is 2.74. The van der Waals surface area contributed by atoms with Gasteiger partial charge in [-0.25, -0.2) is 8.42 Å². The summed E-state index contributed by atoms with van der Waals surface area (Å²) in [4.78, 5) is 10.4. The Morgan fingerprint density at radius 3 is 2.57 bits per heavy atom. The van der Waals surface area contributed by atoms with Gasteiger partial charge in [-0.1, -0.05) is 0 Å². The van der Waals surface area contributed by atoms with Crippen LogP contribution < -0.4 is 0 Å². The molecule has 0 fully saturated rings. The van der Waals surface area contributed by atoms with Crippen LogP contribution in [0, 0.1) is 0 Å². The molecule has 0 aliphatic carbocycles. The zero-order chi connectivity index (χ0) is 10.8. The number of carbonyl (C=O) groups is 1. The first-order valence-corrected chi connectivity index (χ1v) is 5.71. The van der Waals surface area contributed by atoms with Gasteiger partial charge < -0.3 is 9.15 Å². The second-order valence-electron chi connectivity index (χ2n) is 2.77. The van der Waals surface area contributed by atoms with E-state index >= 15 is 0 Å². The summed E-state index contributed by atoms with van der Waals surface area (Å²) in [5.41, 5.74) is 0. The highest BCUT2D eigenvalue weighted by atomic mass is 32.2. The Morgan fingerprint density at radius 1 is 1.50 bits per heavy atom. The number of hydrogen-bond donors (Lipinski definition) is 0. The van der Waals surface area contributed by atoms with Crippen LogP contribution in [-0.4, -0.2) is 20.6 Å². The summed E-state index contributed by atoms with van der Waals surface area (Å²) in [6.07, 6.45) is 1.04. The van der Waals surface area contributed by atoms with Crippen molar-refractivity contribution in [2.24, 2.45) is 0 Å². The SMILES string of the molecule is CC(=O)OCc1ccc(S(C)(=O)=O)o1. The molecular formula is C8H10O5S. The minimum Gasteiger partial charge on any atom is -0.458 e. The van der Waals surface area contributed by atoms with Gasteiger partial charge in [0.25, 0.3) is 0 Å². The zero-order valence-electron chi connectivity index (χ0n) is 7.81. The smallest absolute Gasteiger partial charge is 0.303 e. The van der Waals surface area contributed by atoms with Crippen molar-refractivity contribution in [3.8, 4) is 0 Å². The molecule has 5 nitrogen and oxygen atoms in total. The molecule has 14 heavy (non-hydrogen) atoms. The highest BCUT2D eigenvalue weighted by molar-refractivity contribution is 7.90. The third-order valence-corrected chi connectivity index (χ3v) is 2.37. The van der Waals surface area contributed by atoms with E-state index < -0.39 is 15.8 Å². The van der Waals surface area contributed by atoms with Crippen molar-refractivity contribution in [3.05, 3.63) is 17.9 Å². The van der Waals surface area contributed by atoms with Gasteiger partial charge in [-0.15, -0.1) is 0 Å². The van der Waals surface area contributed by atoms with Crippen LogP contribution in [0.25, 0.3) is 0 Å². The normalized spacial score (nSPS) is 11.3. The molecule has 0 aliphatic rings. The molecule has 0 atom stereocenters. The van der Waals surface area contributed by atoms with E-state index in [0.717, 1.165) is 6.26 Å². The van der Waals surface area contributed by atoms with Crippen LogP contribution in [0.15, 0.2) is 21.6 Å². The van der Waals surface area contributed by atoms with Crippen molar-refractivity contribution in [2.45, 2.75) is 18.6 Å². The monoisotopic (exact) mass is 218 g/mol. The number of furan rings is 1. The Morgan fingerprint density at radius 2 is 2.14 bits per heavy atom. The maximum Gasteiger partial charge on any atom is 0.303 e. The fourth-order valence-electron chi connectivity index (χ4n) is 0.808. The summed E-state index contributed by atoms with van der Waals surface area (Å²) in [6.45, 7) is 1.21. The molecule has 1 rings (SSSR count). The fraction of sp³-hybridized carbons (Fsp3) is 0.375. The van der Waals surface area contributed by atoms with Crippen LogP contribution in [0.1, 0.15) is 12.7 Å². The average Bonchev–Trinajstić information content (AvgIpc) is 2.47. The summed E-state index contributed by atoms with van der Waals surface area (Å²) >= 11 is 0. The van der Waals surface area contributed by atoms with E-state index in [1.165, 1.54) is 19.1 Å². The predicted molar refractivity (Wildman–Crippen MR) is 47.3 cm³/mol. The van der Waals surface area contributed by atoms with E-state index in [1.54, 1.807) is 0 Å². The number of ether oxygens (including phenoxy) is 1. The number of carbonyl (C=O) groups excluding carboxylic acids is 1. The number of rotatable bonds is 3. The predicted octanol–water partition coefficient (Wildman–Crippen LogP) is 0.746. The van der Waals surface area contributed by atoms with Gasteiger partial charge in [-0.2, -0.15) is 0 Å². The molecule has 0 amide bonds. The number of hydrogen-bond acceptors (Lipinski definition) is 5. The molecule has 0 saturated heterocycles. The third-order valence-electron chi connectivity index (χ3n) is 1.42. The third kappa shape index (κ3) is 2.88. The fourth-order valence-corrected chi connectivity index (χ4v) is 1.38. The van der Waals surface area contributed by atoms with Crippen LogP contribution in [0.2, 0.25) is 0 Å². The van der Waals surface area contributed by atoms with E-state index in [-0.39, 0.29) is 11.7 Å². The summed E-state index contributed by atoms with van der Waals surface area (Å²) < 4.78 is 31.5. The molecule has 0 spiro atoms.